The van der Waals surface area contributed by atoms with E-state index in [2.05, 4.69) is 78.8 Å². The number of allylic oxidation sites excluding steroid dienone is 1. The van der Waals surface area contributed by atoms with Crippen LogP contribution in [-0.2, 0) is 9.59 Å². The average molecular weight is 407 g/mol. The van der Waals surface area contributed by atoms with Crippen LogP contribution in [0.25, 0.3) is 6.08 Å². The van der Waals surface area contributed by atoms with Gasteiger partial charge in [0.15, 0.2) is 5.78 Å². The molecule has 4 atom stereocenters. The number of aryl methyl sites for hydroxylation is 1. The summed E-state index contributed by atoms with van der Waals surface area (Å²) in [5, 5.41) is 0. The van der Waals surface area contributed by atoms with E-state index in [1.54, 1.807) is 0 Å². The lowest BCUT2D eigenvalue weighted by Gasteiger charge is -2.32. The highest BCUT2D eigenvalue weighted by molar-refractivity contribution is 6.07. The Morgan fingerprint density at radius 3 is 1.83 bits per heavy atom. The number of hydrogen-bond acceptors (Lipinski definition) is 2. The van der Waals surface area contributed by atoms with E-state index >= 15 is 0 Å². The molecule has 162 valence electrons. The molecule has 0 amide bonds. The topological polar surface area (TPSA) is 34.1 Å². The number of fused-ring (bicyclic) bond motifs is 4. The summed E-state index contributed by atoms with van der Waals surface area (Å²) < 4.78 is 0. The summed E-state index contributed by atoms with van der Waals surface area (Å²) in [6.45, 7) is 15.4. The molecular formula is C28H38O2. The van der Waals surface area contributed by atoms with E-state index in [0.29, 0.717) is 23.4 Å². The van der Waals surface area contributed by atoms with E-state index in [1.165, 1.54) is 12.0 Å². The second-order valence-electron chi connectivity index (χ2n) is 11.9. The van der Waals surface area contributed by atoms with E-state index in [4.69, 9.17) is 0 Å². The molecule has 0 aliphatic heterocycles. The molecular weight excluding hydrogens is 368 g/mol. The second kappa shape index (κ2) is 6.65. The molecule has 30 heavy (non-hydrogen) atoms. The SMILES string of the molecule is CC12CCC(CC1=O)C2(C)C.Cc1ccc(/C=C2\C(=O)C3(C)CCC2C3(C)C)cc1. The Bertz CT molecular complexity index is 916. The van der Waals surface area contributed by atoms with Crippen molar-refractivity contribution < 1.29 is 9.59 Å². The molecule has 4 saturated carbocycles. The van der Waals surface area contributed by atoms with Gasteiger partial charge in [-0.05, 0) is 72.5 Å². The molecule has 2 heteroatoms. The van der Waals surface area contributed by atoms with Gasteiger partial charge in [0.05, 0.1) is 0 Å². The van der Waals surface area contributed by atoms with Crippen molar-refractivity contribution in [3.05, 3.63) is 41.0 Å². The van der Waals surface area contributed by atoms with Crippen molar-refractivity contribution in [1.82, 2.24) is 0 Å². The van der Waals surface area contributed by atoms with Crippen LogP contribution in [-0.4, -0.2) is 11.6 Å². The number of Topliss-reactive ketones (excluding diaryl/α,β-unsaturated/α-hetero) is 2. The Kier molecular flexibility index (Phi) is 4.77. The molecule has 1 aromatic carbocycles. The number of benzene rings is 1. The summed E-state index contributed by atoms with van der Waals surface area (Å²) in [5.41, 5.74) is 3.74. The van der Waals surface area contributed by atoms with Gasteiger partial charge in [-0.3, -0.25) is 9.59 Å². The van der Waals surface area contributed by atoms with Gasteiger partial charge in [-0.1, -0.05) is 71.4 Å². The van der Waals surface area contributed by atoms with Gasteiger partial charge in [0.1, 0.15) is 5.78 Å². The summed E-state index contributed by atoms with van der Waals surface area (Å²) in [7, 11) is 0. The van der Waals surface area contributed by atoms with Crippen molar-refractivity contribution >= 4 is 17.6 Å². The van der Waals surface area contributed by atoms with Gasteiger partial charge in [-0.15, -0.1) is 0 Å². The van der Waals surface area contributed by atoms with Gasteiger partial charge in [0.25, 0.3) is 0 Å². The molecule has 4 aliphatic carbocycles. The van der Waals surface area contributed by atoms with Gasteiger partial charge in [-0.2, -0.15) is 0 Å². The Hall–Kier alpha value is -1.70. The van der Waals surface area contributed by atoms with Gasteiger partial charge < -0.3 is 0 Å². The van der Waals surface area contributed by atoms with Crippen LogP contribution >= 0.6 is 0 Å². The fourth-order valence-corrected chi connectivity index (χ4v) is 6.84. The minimum atomic E-state index is -0.145. The van der Waals surface area contributed by atoms with Gasteiger partial charge in [0, 0.05) is 17.3 Å². The standard InChI is InChI=1S/C18H22O.C10H16O/c1-12-5-7-13(8-6-12)11-14-15-9-10-18(4,16(14)19)17(15,2)3;1-9(2)7-4-5-10(9,3)8(11)6-7/h5-8,11,15H,9-10H2,1-4H3;7H,4-6H2,1-3H3/b14-11-;. The van der Waals surface area contributed by atoms with Crippen LogP contribution in [0.4, 0.5) is 0 Å². The monoisotopic (exact) mass is 406 g/mol. The molecule has 4 bridgehead atoms. The molecule has 0 saturated heterocycles. The molecule has 0 radical (unpaired) electrons. The Morgan fingerprint density at radius 1 is 0.833 bits per heavy atom. The normalized spacial score (nSPS) is 38.8. The van der Waals surface area contributed by atoms with Crippen LogP contribution in [0, 0.1) is 40.4 Å². The molecule has 2 nitrogen and oxygen atoms in total. The third-order valence-electron chi connectivity index (χ3n) is 10.2. The molecule has 5 rings (SSSR count). The third kappa shape index (κ3) is 2.75. The number of carbonyl (C=O) groups excluding carboxylic acids is 2. The molecule has 4 fully saturated rings. The van der Waals surface area contributed by atoms with E-state index < -0.39 is 0 Å². The van der Waals surface area contributed by atoms with Crippen molar-refractivity contribution in [2.75, 3.05) is 0 Å². The van der Waals surface area contributed by atoms with E-state index in [-0.39, 0.29) is 21.7 Å². The highest BCUT2D eigenvalue weighted by Crippen LogP contribution is 2.66. The van der Waals surface area contributed by atoms with Gasteiger partial charge in [-0.25, -0.2) is 0 Å². The lowest BCUT2D eigenvalue weighted by molar-refractivity contribution is -0.128. The first-order valence-corrected chi connectivity index (χ1v) is 11.7. The summed E-state index contributed by atoms with van der Waals surface area (Å²) in [4.78, 5) is 24.3. The van der Waals surface area contributed by atoms with Crippen molar-refractivity contribution in [1.29, 1.82) is 0 Å². The van der Waals surface area contributed by atoms with Gasteiger partial charge >= 0.3 is 0 Å². The first kappa shape index (κ1) is 21.5. The largest absolute Gasteiger partial charge is 0.299 e. The van der Waals surface area contributed by atoms with Crippen LogP contribution in [0.3, 0.4) is 0 Å². The maximum absolute atomic E-state index is 12.7. The summed E-state index contributed by atoms with van der Waals surface area (Å²) in [5.74, 6) is 2.01. The number of hydrogen-bond donors (Lipinski definition) is 0. The molecule has 0 spiro atoms. The number of carbonyl (C=O) groups is 2. The maximum Gasteiger partial charge on any atom is 0.165 e. The predicted octanol–water partition coefficient (Wildman–Crippen LogP) is 6.81. The number of rotatable bonds is 1. The Morgan fingerprint density at radius 2 is 1.43 bits per heavy atom. The first-order chi connectivity index (χ1) is 13.8. The summed E-state index contributed by atoms with van der Waals surface area (Å²) in [6, 6.07) is 8.43. The van der Waals surface area contributed by atoms with Crippen LogP contribution in [0.15, 0.2) is 29.8 Å². The Labute approximate surface area is 182 Å². The highest BCUT2D eigenvalue weighted by atomic mass is 16.1. The minimum absolute atomic E-state index is 0.0255. The summed E-state index contributed by atoms with van der Waals surface area (Å²) in [6.07, 6.45) is 7.59. The predicted molar refractivity (Wildman–Crippen MR) is 123 cm³/mol. The quantitative estimate of drug-likeness (QED) is 0.480. The molecule has 4 unspecified atom stereocenters. The maximum atomic E-state index is 12.7. The van der Waals surface area contributed by atoms with Crippen LogP contribution in [0.1, 0.15) is 84.8 Å². The van der Waals surface area contributed by atoms with Crippen LogP contribution < -0.4 is 0 Å². The van der Waals surface area contributed by atoms with Crippen LogP contribution in [0.2, 0.25) is 0 Å². The number of ketones is 2. The van der Waals surface area contributed by atoms with Gasteiger partial charge in [0.2, 0.25) is 0 Å². The smallest absolute Gasteiger partial charge is 0.165 e. The zero-order chi connectivity index (χ0) is 22.1. The molecule has 0 aromatic heterocycles. The average Bonchev–Trinajstić information content (AvgIpc) is 3.17. The molecule has 1 aromatic rings. The van der Waals surface area contributed by atoms with E-state index in [9.17, 15) is 9.59 Å². The second-order valence-corrected chi connectivity index (χ2v) is 11.9. The van der Waals surface area contributed by atoms with Crippen molar-refractivity contribution in [2.24, 2.45) is 33.5 Å². The van der Waals surface area contributed by atoms with Crippen molar-refractivity contribution in [3.63, 3.8) is 0 Å². The fraction of sp³-hybridized carbons (Fsp3) is 0.643. The lowest BCUT2D eigenvalue weighted by atomic mass is 9.70. The third-order valence-corrected chi connectivity index (χ3v) is 10.2. The van der Waals surface area contributed by atoms with Crippen molar-refractivity contribution in [3.8, 4) is 0 Å². The molecule has 0 heterocycles. The Balaban J connectivity index is 0.000000168. The zero-order valence-electron chi connectivity index (χ0n) is 19.9. The fourth-order valence-electron chi connectivity index (χ4n) is 6.84. The van der Waals surface area contributed by atoms with E-state index in [1.807, 2.05) is 0 Å². The molecule has 0 N–H and O–H groups in total. The van der Waals surface area contributed by atoms with Crippen molar-refractivity contribution in [2.45, 2.75) is 80.6 Å². The van der Waals surface area contributed by atoms with E-state index in [0.717, 1.165) is 36.8 Å². The lowest BCUT2D eigenvalue weighted by Crippen LogP contribution is -2.32. The first-order valence-electron chi connectivity index (χ1n) is 11.7. The minimum Gasteiger partial charge on any atom is -0.299 e. The highest BCUT2D eigenvalue weighted by Gasteiger charge is 2.64. The summed E-state index contributed by atoms with van der Waals surface area (Å²) >= 11 is 0. The zero-order valence-corrected chi connectivity index (χ0v) is 19.9. The van der Waals surface area contributed by atoms with Crippen LogP contribution in [0.5, 0.6) is 0 Å². The molecule has 4 aliphatic rings.